The Morgan fingerprint density at radius 3 is 2.48 bits per heavy atom. The van der Waals surface area contributed by atoms with Crippen molar-refractivity contribution in [2.24, 2.45) is 5.73 Å². The van der Waals surface area contributed by atoms with E-state index in [1.807, 2.05) is 38.4 Å². The lowest BCUT2D eigenvalue weighted by molar-refractivity contribution is -0.129. The van der Waals surface area contributed by atoms with Crippen LogP contribution in [0.25, 0.3) is 0 Å². The summed E-state index contributed by atoms with van der Waals surface area (Å²) in [5, 5.41) is 2.35. The van der Waals surface area contributed by atoms with E-state index >= 15 is 0 Å². The number of nitrogens with two attached hydrogens (primary N) is 1. The van der Waals surface area contributed by atoms with E-state index in [0.717, 1.165) is 5.75 Å². The first-order valence-corrected chi connectivity index (χ1v) is 7.53. The number of amides is 3. The standard InChI is InChI=1S/C16H24N4O3/c1-19(2)14-10-20(15(21)8-18-16(17)22)9-13(14)11-4-6-12(23-3)7-5-11/h4-7,13-14H,8-10H2,1-3H3,(H3,17,18,22). The number of nitrogens with one attached hydrogen (secondary N) is 1. The molecule has 0 saturated carbocycles. The fourth-order valence-corrected chi connectivity index (χ4v) is 2.97. The zero-order chi connectivity index (χ0) is 17.0. The van der Waals surface area contributed by atoms with Crippen LogP contribution in [0.4, 0.5) is 4.79 Å². The summed E-state index contributed by atoms with van der Waals surface area (Å²) in [5.41, 5.74) is 6.19. The van der Waals surface area contributed by atoms with Gasteiger partial charge in [0.1, 0.15) is 5.75 Å². The third-order valence-electron chi connectivity index (χ3n) is 4.26. The molecule has 0 spiro atoms. The Hall–Kier alpha value is -2.28. The molecule has 1 heterocycles. The molecular weight excluding hydrogens is 296 g/mol. The van der Waals surface area contributed by atoms with Gasteiger partial charge in [0.25, 0.3) is 0 Å². The van der Waals surface area contributed by atoms with Crippen molar-refractivity contribution in [3.05, 3.63) is 29.8 Å². The number of carbonyl (C=O) groups excluding carboxylic acids is 2. The molecule has 7 nitrogen and oxygen atoms in total. The first kappa shape index (κ1) is 17.1. The second-order valence-corrected chi connectivity index (χ2v) is 5.93. The number of rotatable bonds is 5. The van der Waals surface area contributed by atoms with Gasteiger partial charge in [0.15, 0.2) is 0 Å². The van der Waals surface area contributed by atoms with Crippen molar-refractivity contribution >= 4 is 11.9 Å². The number of carbonyl (C=O) groups is 2. The fourth-order valence-electron chi connectivity index (χ4n) is 2.97. The molecule has 1 fully saturated rings. The average Bonchev–Trinajstić information content (AvgIpc) is 2.98. The molecule has 7 heteroatoms. The molecule has 2 atom stereocenters. The van der Waals surface area contributed by atoms with Gasteiger partial charge in [-0.25, -0.2) is 4.79 Å². The summed E-state index contributed by atoms with van der Waals surface area (Å²) in [6, 6.07) is 7.47. The largest absolute Gasteiger partial charge is 0.497 e. The Morgan fingerprint density at radius 1 is 1.30 bits per heavy atom. The van der Waals surface area contributed by atoms with Crippen molar-refractivity contribution in [3.63, 3.8) is 0 Å². The minimum absolute atomic E-state index is 0.0647. The van der Waals surface area contributed by atoms with E-state index in [9.17, 15) is 9.59 Å². The van der Waals surface area contributed by atoms with Crippen molar-refractivity contribution in [2.75, 3.05) is 40.8 Å². The van der Waals surface area contributed by atoms with Gasteiger partial charge in [-0.15, -0.1) is 0 Å². The molecule has 3 N–H and O–H groups in total. The Balaban J connectivity index is 2.11. The van der Waals surface area contributed by atoms with Gasteiger partial charge < -0.3 is 25.6 Å². The molecule has 1 aliphatic heterocycles. The predicted molar refractivity (Wildman–Crippen MR) is 87.4 cm³/mol. The van der Waals surface area contributed by atoms with Crippen molar-refractivity contribution in [3.8, 4) is 5.75 Å². The van der Waals surface area contributed by atoms with Gasteiger partial charge in [-0.3, -0.25) is 4.79 Å². The number of methoxy groups -OCH3 is 1. The molecule has 0 radical (unpaired) electrons. The third-order valence-corrected chi connectivity index (χ3v) is 4.26. The van der Waals surface area contributed by atoms with Crippen LogP contribution in [0.1, 0.15) is 11.5 Å². The first-order chi connectivity index (χ1) is 10.9. The van der Waals surface area contributed by atoms with Gasteiger partial charge in [0.2, 0.25) is 5.91 Å². The molecule has 0 aromatic heterocycles. The summed E-state index contributed by atoms with van der Waals surface area (Å²) in [6.45, 7) is 1.18. The number of benzene rings is 1. The summed E-state index contributed by atoms with van der Waals surface area (Å²) >= 11 is 0. The number of nitrogens with zero attached hydrogens (tertiary/aromatic N) is 2. The maximum Gasteiger partial charge on any atom is 0.312 e. The summed E-state index contributed by atoms with van der Waals surface area (Å²) in [6.07, 6.45) is 0. The number of likely N-dealkylation sites (tertiary alicyclic amines) is 1. The van der Waals surface area contributed by atoms with Crippen LogP contribution in [0.5, 0.6) is 5.75 Å². The first-order valence-electron chi connectivity index (χ1n) is 7.53. The van der Waals surface area contributed by atoms with Gasteiger partial charge in [-0.05, 0) is 31.8 Å². The van der Waals surface area contributed by atoms with Crippen LogP contribution in [-0.2, 0) is 4.79 Å². The molecular formula is C16H24N4O3. The predicted octanol–water partition coefficient (Wildman–Crippen LogP) is 0.220. The molecule has 1 aromatic carbocycles. The Morgan fingerprint density at radius 2 is 1.96 bits per heavy atom. The number of likely N-dealkylation sites (N-methyl/N-ethyl adjacent to an activating group) is 1. The van der Waals surface area contributed by atoms with E-state index in [2.05, 4.69) is 10.2 Å². The highest BCUT2D eigenvalue weighted by Crippen LogP contribution is 2.31. The van der Waals surface area contributed by atoms with Gasteiger partial charge in [-0.1, -0.05) is 12.1 Å². The van der Waals surface area contributed by atoms with Crippen LogP contribution in [0.2, 0.25) is 0 Å². The number of hydrogen-bond acceptors (Lipinski definition) is 4. The lowest BCUT2D eigenvalue weighted by Gasteiger charge is -2.25. The quantitative estimate of drug-likeness (QED) is 0.812. The Bertz CT molecular complexity index is 559. The molecule has 1 aliphatic rings. The highest BCUT2D eigenvalue weighted by atomic mass is 16.5. The topological polar surface area (TPSA) is 87.9 Å². The molecule has 23 heavy (non-hydrogen) atoms. The molecule has 0 aliphatic carbocycles. The molecule has 2 unspecified atom stereocenters. The highest BCUT2D eigenvalue weighted by Gasteiger charge is 2.37. The van der Waals surface area contributed by atoms with Crippen molar-refractivity contribution in [1.82, 2.24) is 15.1 Å². The normalized spacial score (nSPS) is 20.6. The second kappa shape index (κ2) is 7.32. The van der Waals surface area contributed by atoms with Crippen LogP contribution in [-0.4, -0.2) is 68.6 Å². The van der Waals surface area contributed by atoms with Crippen molar-refractivity contribution in [1.29, 1.82) is 0 Å². The fraction of sp³-hybridized carbons (Fsp3) is 0.500. The minimum atomic E-state index is -0.687. The smallest absolute Gasteiger partial charge is 0.312 e. The van der Waals surface area contributed by atoms with E-state index in [1.165, 1.54) is 5.56 Å². The summed E-state index contributed by atoms with van der Waals surface area (Å²) in [5.74, 6) is 0.909. The van der Waals surface area contributed by atoms with Crippen molar-refractivity contribution in [2.45, 2.75) is 12.0 Å². The van der Waals surface area contributed by atoms with Crippen LogP contribution < -0.4 is 15.8 Å². The van der Waals surface area contributed by atoms with Gasteiger partial charge >= 0.3 is 6.03 Å². The van der Waals surface area contributed by atoms with Gasteiger partial charge in [-0.2, -0.15) is 0 Å². The second-order valence-electron chi connectivity index (χ2n) is 5.93. The summed E-state index contributed by atoms with van der Waals surface area (Å²) in [4.78, 5) is 26.9. The van der Waals surface area contributed by atoms with Crippen LogP contribution >= 0.6 is 0 Å². The maximum absolute atomic E-state index is 12.2. The highest BCUT2D eigenvalue weighted by molar-refractivity contribution is 5.83. The van der Waals surface area contributed by atoms with Crippen molar-refractivity contribution < 1.29 is 14.3 Å². The Kier molecular flexibility index (Phi) is 5.44. The number of hydrogen-bond donors (Lipinski definition) is 2. The Labute approximate surface area is 136 Å². The molecule has 0 bridgehead atoms. The number of primary amides is 1. The molecule has 3 amide bonds. The number of ether oxygens (including phenoxy) is 1. The van der Waals surface area contributed by atoms with E-state index in [-0.39, 0.29) is 24.4 Å². The minimum Gasteiger partial charge on any atom is -0.497 e. The SMILES string of the molecule is COc1ccc(C2CN(C(=O)CNC(N)=O)CC2N(C)C)cc1. The van der Waals surface area contributed by atoms with Crippen LogP contribution in [0.15, 0.2) is 24.3 Å². The van der Waals surface area contributed by atoms with E-state index in [4.69, 9.17) is 10.5 Å². The lowest BCUT2D eigenvalue weighted by atomic mass is 9.93. The lowest BCUT2D eigenvalue weighted by Crippen LogP contribution is -2.42. The van der Waals surface area contributed by atoms with Crippen LogP contribution in [0, 0.1) is 0 Å². The average molecular weight is 320 g/mol. The monoisotopic (exact) mass is 320 g/mol. The number of urea groups is 1. The molecule has 126 valence electrons. The zero-order valence-corrected chi connectivity index (χ0v) is 13.8. The van der Waals surface area contributed by atoms with E-state index in [0.29, 0.717) is 13.1 Å². The van der Waals surface area contributed by atoms with Gasteiger partial charge in [0.05, 0.1) is 13.7 Å². The summed E-state index contributed by atoms with van der Waals surface area (Å²) < 4.78 is 5.19. The summed E-state index contributed by atoms with van der Waals surface area (Å²) in [7, 11) is 5.66. The van der Waals surface area contributed by atoms with Gasteiger partial charge in [0, 0.05) is 25.0 Å². The zero-order valence-electron chi connectivity index (χ0n) is 13.8. The maximum atomic E-state index is 12.2. The molecule has 1 aromatic rings. The molecule has 1 saturated heterocycles. The molecule has 2 rings (SSSR count). The van der Waals surface area contributed by atoms with E-state index in [1.54, 1.807) is 12.0 Å². The third kappa shape index (κ3) is 4.13. The van der Waals surface area contributed by atoms with E-state index < -0.39 is 6.03 Å². The van der Waals surface area contributed by atoms with Crippen LogP contribution in [0.3, 0.4) is 0 Å².